The maximum atomic E-state index is 12.5. The van der Waals surface area contributed by atoms with Gasteiger partial charge in [0.1, 0.15) is 12.4 Å². The molecule has 2 aromatic rings. The Morgan fingerprint density at radius 1 is 1.15 bits per heavy atom. The topological polar surface area (TPSA) is 88.5 Å². The first-order chi connectivity index (χ1) is 12.6. The van der Waals surface area contributed by atoms with Crippen LogP contribution in [-0.2, 0) is 16.2 Å². The van der Waals surface area contributed by atoms with Crippen molar-refractivity contribution in [2.24, 2.45) is 11.8 Å². The van der Waals surface area contributed by atoms with Crippen LogP contribution in [0.5, 0.6) is 5.75 Å². The fourth-order valence-corrected chi connectivity index (χ4v) is 2.93. The van der Waals surface area contributed by atoms with Crippen LogP contribution in [0, 0.1) is 11.8 Å². The summed E-state index contributed by atoms with van der Waals surface area (Å²) >= 11 is 0. The van der Waals surface area contributed by atoms with Gasteiger partial charge in [0.25, 0.3) is 0 Å². The average molecular weight is 352 g/mol. The molecule has 1 aromatic heterocycles. The lowest BCUT2D eigenvalue weighted by Gasteiger charge is -2.24. The van der Waals surface area contributed by atoms with E-state index in [-0.39, 0.29) is 5.91 Å². The molecule has 0 bridgehead atoms. The minimum atomic E-state index is -0.942. The summed E-state index contributed by atoms with van der Waals surface area (Å²) in [5.74, 6) is -1.87. The number of carboxylic acids is 1. The van der Waals surface area contributed by atoms with Crippen LogP contribution >= 0.6 is 0 Å². The largest absolute Gasteiger partial charge is 0.489 e. The van der Waals surface area contributed by atoms with E-state index < -0.39 is 17.8 Å². The molecule has 0 spiro atoms. The van der Waals surface area contributed by atoms with E-state index in [1.54, 1.807) is 36.7 Å². The van der Waals surface area contributed by atoms with Crippen molar-refractivity contribution in [1.82, 2.24) is 4.98 Å². The van der Waals surface area contributed by atoms with Crippen molar-refractivity contribution in [2.45, 2.75) is 19.4 Å². The maximum Gasteiger partial charge on any atom is 0.307 e. The molecule has 6 heteroatoms. The summed E-state index contributed by atoms with van der Waals surface area (Å²) in [6, 6.07) is 10.8. The highest BCUT2D eigenvalue weighted by atomic mass is 16.5. The smallest absolute Gasteiger partial charge is 0.307 e. The number of allylic oxidation sites excluding steroid dienone is 2. The van der Waals surface area contributed by atoms with Crippen molar-refractivity contribution in [3.63, 3.8) is 0 Å². The van der Waals surface area contributed by atoms with Crippen molar-refractivity contribution in [3.8, 4) is 5.75 Å². The third-order valence-electron chi connectivity index (χ3n) is 4.32. The van der Waals surface area contributed by atoms with Gasteiger partial charge in [-0.15, -0.1) is 0 Å². The SMILES string of the molecule is O=C(O)[C@H]1CC=CC[C@@H]1C(=O)Nc1cccc(OCc2cccnc2)c1. The second kappa shape index (κ2) is 8.29. The number of ether oxygens (including phenoxy) is 1. The molecule has 1 aliphatic carbocycles. The van der Waals surface area contributed by atoms with Gasteiger partial charge in [-0.3, -0.25) is 14.6 Å². The van der Waals surface area contributed by atoms with Crippen LogP contribution in [0.3, 0.4) is 0 Å². The van der Waals surface area contributed by atoms with E-state index in [1.807, 2.05) is 24.3 Å². The van der Waals surface area contributed by atoms with Gasteiger partial charge in [-0.25, -0.2) is 0 Å². The molecular formula is C20H20N2O4. The summed E-state index contributed by atoms with van der Waals surface area (Å²) in [5, 5.41) is 12.1. The second-order valence-electron chi connectivity index (χ2n) is 6.16. The van der Waals surface area contributed by atoms with Crippen LogP contribution in [0.2, 0.25) is 0 Å². The molecule has 1 aromatic carbocycles. The maximum absolute atomic E-state index is 12.5. The lowest BCUT2D eigenvalue weighted by atomic mass is 9.82. The highest BCUT2D eigenvalue weighted by molar-refractivity contribution is 5.95. The van der Waals surface area contributed by atoms with Crippen LogP contribution in [0.1, 0.15) is 18.4 Å². The highest BCUT2D eigenvalue weighted by Gasteiger charge is 2.33. The van der Waals surface area contributed by atoms with E-state index >= 15 is 0 Å². The Labute approximate surface area is 151 Å². The van der Waals surface area contributed by atoms with Gasteiger partial charge in [-0.1, -0.05) is 24.3 Å². The summed E-state index contributed by atoms with van der Waals surface area (Å²) in [6.07, 6.45) is 7.91. The number of hydrogen-bond donors (Lipinski definition) is 2. The number of carbonyl (C=O) groups excluding carboxylic acids is 1. The van der Waals surface area contributed by atoms with E-state index in [0.29, 0.717) is 30.9 Å². The molecule has 0 saturated carbocycles. The van der Waals surface area contributed by atoms with E-state index in [4.69, 9.17) is 4.74 Å². The molecule has 3 rings (SSSR count). The first-order valence-corrected chi connectivity index (χ1v) is 8.44. The van der Waals surface area contributed by atoms with Gasteiger partial charge in [0.2, 0.25) is 5.91 Å². The number of carbonyl (C=O) groups is 2. The predicted octanol–water partition coefficient (Wildman–Crippen LogP) is 3.27. The Hall–Kier alpha value is -3.15. The van der Waals surface area contributed by atoms with Crippen LogP contribution in [-0.4, -0.2) is 22.0 Å². The molecule has 134 valence electrons. The van der Waals surface area contributed by atoms with Gasteiger partial charge in [-0.05, 0) is 31.0 Å². The predicted molar refractivity (Wildman–Crippen MR) is 96.6 cm³/mol. The van der Waals surface area contributed by atoms with Crippen molar-refractivity contribution in [3.05, 3.63) is 66.5 Å². The zero-order valence-corrected chi connectivity index (χ0v) is 14.2. The number of rotatable bonds is 6. The molecule has 2 N–H and O–H groups in total. The van der Waals surface area contributed by atoms with Crippen molar-refractivity contribution < 1.29 is 19.4 Å². The number of hydrogen-bond acceptors (Lipinski definition) is 4. The standard InChI is InChI=1S/C20H20N2O4/c23-19(17-8-1-2-9-18(17)20(24)25)22-15-6-3-7-16(11-15)26-13-14-5-4-10-21-12-14/h1-7,10-12,17-18H,8-9,13H2,(H,22,23)(H,24,25)/t17-,18-/m0/s1. The van der Waals surface area contributed by atoms with E-state index in [9.17, 15) is 14.7 Å². The number of aliphatic carboxylic acids is 1. The number of aromatic nitrogens is 1. The molecule has 1 amide bonds. The Balaban J connectivity index is 1.63. The van der Waals surface area contributed by atoms with Gasteiger partial charge < -0.3 is 15.2 Å². The van der Waals surface area contributed by atoms with Crippen LogP contribution in [0.4, 0.5) is 5.69 Å². The number of benzene rings is 1. The van der Waals surface area contributed by atoms with Gasteiger partial charge in [0.05, 0.1) is 11.8 Å². The van der Waals surface area contributed by atoms with Gasteiger partial charge in [-0.2, -0.15) is 0 Å². The molecule has 0 saturated heterocycles. The molecule has 1 aliphatic rings. The zero-order chi connectivity index (χ0) is 18.4. The summed E-state index contributed by atoms with van der Waals surface area (Å²) in [5.41, 5.74) is 1.53. The van der Waals surface area contributed by atoms with E-state index in [2.05, 4.69) is 10.3 Å². The minimum absolute atomic E-state index is 0.286. The lowest BCUT2D eigenvalue weighted by Crippen LogP contribution is -2.34. The monoisotopic (exact) mass is 352 g/mol. The first-order valence-electron chi connectivity index (χ1n) is 8.44. The van der Waals surface area contributed by atoms with Gasteiger partial charge >= 0.3 is 5.97 Å². The number of nitrogens with one attached hydrogen (secondary N) is 1. The molecule has 2 atom stereocenters. The lowest BCUT2D eigenvalue weighted by molar-refractivity contribution is -0.146. The van der Waals surface area contributed by atoms with Crippen molar-refractivity contribution >= 4 is 17.6 Å². The summed E-state index contributed by atoms with van der Waals surface area (Å²) in [4.78, 5) is 27.9. The Kier molecular flexibility index (Phi) is 5.63. The Bertz CT molecular complexity index is 804. The second-order valence-corrected chi connectivity index (χ2v) is 6.16. The summed E-state index contributed by atoms with van der Waals surface area (Å²) in [6.45, 7) is 0.375. The summed E-state index contributed by atoms with van der Waals surface area (Å²) < 4.78 is 5.72. The minimum Gasteiger partial charge on any atom is -0.489 e. The third kappa shape index (κ3) is 4.47. The molecular weight excluding hydrogens is 332 g/mol. The zero-order valence-electron chi connectivity index (χ0n) is 14.2. The van der Waals surface area contributed by atoms with E-state index in [1.165, 1.54) is 0 Å². The van der Waals surface area contributed by atoms with Crippen LogP contribution in [0.25, 0.3) is 0 Å². The van der Waals surface area contributed by atoms with Gasteiger partial charge in [0.15, 0.2) is 0 Å². The van der Waals surface area contributed by atoms with Crippen molar-refractivity contribution in [1.29, 1.82) is 0 Å². The number of pyridine rings is 1. The Morgan fingerprint density at radius 2 is 1.96 bits per heavy atom. The molecule has 0 aliphatic heterocycles. The third-order valence-corrected chi connectivity index (χ3v) is 4.32. The van der Waals surface area contributed by atoms with Gasteiger partial charge in [0, 0.05) is 29.7 Å². The summed E-state index contributed by atoms with van der Waals surface area (Å²) in [7, 11) is 0. The molecule has 6 nitrogen and oxygen atoms in total. The fourth-order valence-electron chi connectivity index (χ4n) is 2.93. The molecule has 1 heterocycles. The molecule has 0 unspecified atom stereocenters. The number of carboxylic acid groups (broad SMARTS) is 1. The molecule has 26 heavy (non-hydrogen) atoms. The van der Waals surface area contributed by atoms with Crippen LogP contribution < -0.4 is 10.1 Å². The van der Waals surface area contributed by atoms with Crippen LogP contribution in [0.15, 0.2) is 60.9 Å². The number of anilines is 1. The Morgan fingerprint density at radius 3 is 2.69 bits per heavy atom. The average Bonchev–Trinajstić information content (AvgIpc) is 2.67. The molecule has 0 fully saturated rings. The first kappa shape index (κ1) is 17.7. The fraction of sp³-hybridized carbons (Fsp3) is 0.250. The van der Waals surface area contributed by atoms with E-state index in [0.717, 1.165) is 5.56 Å². The highest BCUT2D eigenvalue weighted by Crippen LogP contribution is 2.28. The number of amides is 1. The normalized spacial score (nSPS) is 18.9. The number of nitrogens with zero attached hydrogens (tertiary/aromatic N) is 1. The van der Waals surface area contributed by atoms with Crippen molar-refractivity contribution in [2.75, 3.05) is 5.32 Å². The quantitative estimate of drug-likeness (QED) is 0.779. The molecule has 0 radical (unpaired) electrons.